The van der Waals surface area contributed by atoms with Gasteiger partial charge in [-0.15, -0.1) is 0 Å². The summed E-state index contributed by atoms with van der Waals surface area (Å²) >= 11 is 0. The molecule has 1 aliphatic heterocycles. The average molecular weight is 292 g/mol. The Kier molecular flexibility index (Phi) is 5.74. The van der Waals surface area contributed by atoms with Crippen LogP contribution in [0.2, 0.25) is 0 Å². The Labute approximate surface area is 114 Å². The fourth-order valence-electron chi connectivity index (χ4n) is 1.78. The van der Waals surface area contributed by atoms with Crippen LogP contribution in [0.5, 0.6) is 0 Å². The number of ether oxygens (including phenoxy) is 1. The number of carboxylic acid groups (broad SMARTS) is 1. The molecule has 1 heterocycles. The molecule has 0 aromatic heterocycles. The first-order valence-corrected chi connectivity index (χ1v) is 7.60. The Morgan fingerprint density at radius 3 is 2.68 bits per heavy atom. The molecule has 0 aromatic carbocycles. The number of urea groups is 1. The summed E-state index contributed by atoms with van der Waals surface area (Å²) in [6.07, 6.45) is 1.58. The zero-order chi connectivity index (χ0) is 14.6. The Balaban J connectivity index is 2.52. The van der Waals surface area contributed by atoms with Crippen LogP contribution in [0.4, 0.5) is 4.79 Å². The summed E-state index contributed by atoms with van der Waals surface area (Å²) in [7, 11) is 0.532. The van der Waals surface area contributed by atoms with Crippen LogP contribution in [0.3, 0.4) is 0 Å². The molecule has 110 valence electrons. The summed E-state index contributed by atoms with van der Waals surface area (Å²) < 4.78 is 16.3. The van der Waals surface area contributed by atoms with Crippen molar-refractivity contribution in [3.63, 3.8) is 0 Å². The van der Waals surface area contributed by atoms with Gasteiger partial charge < -0.3 is 20.1 Å². The number of hydrogen-bond donors (Lipinski definition) is 2. The summed E-state index contributed by atoms with van der Waals surface area (Å²) in [4.78, 5) is 24.3. The highest BCUT2D eigenvalue weighted by molar-refractivity contribution is 7.84. The number of carbonyl (C=O) groups is 2. The van der Waals surface area contributed by atoms with Crippen LogP contribution in [0.25, 0.3) is 0 Å². The average Bonchev–Trinajstić information content (AvgIpc) is 2.83. The number of carbonyl (C=O) groups excluding carboxylic acids is 1. The predicted octanol–water partition coefficient (Wildman–Crippen LogP) is -0.506. The van der Waals surface area contributed by atoms with E-state index < -0.39 is 28.7 Å². The molecule has 0 radical (unpaired) electrons. The number of nitrogens with zero attached hydrogens (tertiary/aromatic N) is 1. The fraction of sp³-hybridized carbons (Fsp3) is 0.818. The largest absolute Gasteiger partial charge is 0.481 e. The Bertz CT molecular complexity index is 376. The molecule has 1 rings (SSSR count). The Hall–Kier alpha value is -1.15. The molecule has 0 saturated carbocycles. The highest BCUT2D eigenvalue weighted by Gasteiger charge is 2.38. The lowest BCUT2D eigenvalue weighted by molar-refractivity contribution is -0.142. The topological polar surface area (TPSA) is 95.9 Å². The predicted molar refractivity (Wildman–Crippen MR) is 70.4 cm³/mol. The van der Waals surface area contributed by atoms with Crippen molar-refractivity contribution < 1.29 is 23.6 Å². The summed E-state index contributed by atoms with van der Waals surface area (Å²) in [6.45, 7) is 2.40. The van der Waals surface area contributed by atoms with E-state index in [4.69, 9.17) is 9.84 Å². The maximum absolute atomic E-state index is 11.9. The van der Waals surface area contributed by atoms with Gasteiger partial charge in [0, 0.05) is 35.9 Å². The van der Waals surface area contributed by atoms with Crippen LogP contribution in [0, 0.1) is 5.92 Å². The molecule has 2 N–H and O–H groups in total. The lowest BCUT2D eigenvalue weighted by Crippen LogP contribution is -2.49. The van der Waals surface area contributed by atoms with Crippen LogP contribution >= 0.6 is 0 Å². The van der Waals surface area contributed by atoms with E-state index >= 15 is 0 Å². The van der Waals surface area contributed by atoms with Crippen LogP contribution in [-0.2, 0) is 20.3 Å². The minimum Gasteiger partial charge on any atom is -0.481 e. The summed E-state index contributed by atoms with van der Waals surface area (Å²) in [5.41, 5.74) is 0. The molecule has 4 atom stereocenters. The SMILES string of the molecule is CC(CNC(=O)N(C)C1COCC1C(=O)O)S(C)=O. The van der Waals surface area contributed by atoms with Crippen molar-refractivity contribution in [2.45, 2.75) is 18.2 Å². The van der Waals surface area contributed by atoms with Crippen molar-refractivity contribution in [1.82, 2.24) is 10.2 Å². The van der Waals surface area contributed by atoms with Crippen LogP contribution in [0.15, 0.2) is 0 Å². The first-order valence-electron chi connectivity index (χ1n) is 5.98. The molecule has 19 heavy (non-hydrogen) atoms. The zero-order valence-electron chi connectivity index (χ0n) is 11.3. The summed E-state index contributed by atoms with van der Waals surface area (Å²) in [5.74, 6) is -1.67. The lowest BCUT2D eigenvalue weighted by atomic mass is 10.0. The quantitative estimate of drug-likeness (QED) is 0.712. The van der Waals surface area contributed by atoms with Gasteiger partial charge in [0.25, 0.3) is 0 Å². The molecule has 1 fully saturated rings. The third-order valence-electron chi connectivity index (χ3n) is 3.29. The Morgan fingerprint density at radius 2 is 2.16 bits per heavy atom. The minimum atomic E-state index is -1.01. The maximum atomic E-state index is 11.9. The summed E-state index contributed by atoms with van der Waals surface area (Å²) in [5, 5.41) is 11.5. The van der Waals surface area contributed by atoms with E-state index in [0.29, 0.717) is 0 Å². The van der Waals surface area contributed by atoms with E-state index in [1.165, 1.54) is 11.9 Å². The van der Waals surface area contributed by atoms with Crippen molar-refractivity contribution >= 4 is 22.8 Å². The molecule has 0 aliphatic carbocycles. The number of amides is 2. The molecule has 0 aromatic rings. The van der Waals surface area contributed by atoms with Gasteiger partial charge in [-0.25, -0.2) is 4.79 Å². The molecule has 2 amide bonds. The number of nitrogens with one attached hydrogen (secondary N) is 1. The second-order valence-corrected chi connectivity index (χ2v) is 6.46. The highest BCUT2D eigenvalue weighted by atomic mass is 32.2. The van der Waals surface area contributed by atoms with Crippen molar-refractivity contribution in [3.8, 4) is 0 Å². The second-order valence-electron chi connectivity index (χ2n) is 4.66. The van der Waals surface area contributed by atoms with Gasteiger partial charge in [0.2, 0.25) is 0 Å². The molecule has 0 bridgehead atoms. The third-order valence-corrected chi connectivity index (χ3v) is 4.59. The fourth-order valence-corrected chi connectivity index (χ4v) is 2.10. The number of carboxylic acids is 1. The number of hydrogen-bond acceptors (Lipinski definition) is 4. The first-order chi connectivity index (χ1) is 8.84. The van der Waals surface area contributed by atoms with Gasteiger partial charge in [0.15, 0.2) is 0 Å². The van der Waals surface area contributed by atoms with E-state index in [2.05, 4.69) is 5.32 Å². The van der Waals surface area contributed by atoms with Crippen LogP contribution < -0.4 is 5.32 Å². The molecule has 4 unspecified atom stereocenters. The van der Waals surface area contributed by atoms with E-state index in [0.717, 1.165) is 0 Å². The molecular weight excluding hydrogens is 272 g/mol. The van der Waals surface area contributed by atoms with Gasteiger partial charge in [-0.1, -0.05) is 0 Å². The molecule has 1 aliphatic rings. The van der Waals surface area contributed by atoms with Crippen LogP contribution in [-0.4, -0.2) is 70.6 Å². The van der Waals surface area contributed by atoms with Gasteiger partial charge in [-0.2, -0.15) is 0 Å². The highest BCUT2D eigenvalue weighted by Crippen LogP contribution is 2.18. The van der Waals surface area contributed by atoms with Gasteiger partial charge in [0.1, 0.15) is 5.92 Å². The minimum absolute atomic E-state index is 0.118. The van der Waals surface area contributed by atoms with Crippen molar-refractivity contribution in [2.75, 3.05) is 33.1 Å². The normalized spacial score (nSPS) is 25.6. The van der Waals surface area contributed by atoms with E-state index in [1.54, 1.807) is 13.2 Å². The van der Waals surface area contributed by atoms with Crippen molar-refractivity contribution in [3.05, 3.63) is 0 Å². The number of aliphatic carboxylic acids is 1. The molecule has 0 spiro atoms. The standard InChI is InChI=1S/C11H20N2O5S/c1-7(19(3)17)4-12-11(16)13(2)9-6-18-5-8(9)10(14)15/h7-9H,4-6H2,1-3H3,(H,12,16)(H,14,15). The second kappa shape index (κ2) is 6.85. The van der Waals surface area contributed by atoms with Gasteiger partial charge in [-0.05, 0) is 6.92 Å². The first kappa shape index (κ1) is 15.9. The number of rotatable bonds is 5. The van der Waals surface area contributed by atoms with E-state index in [-0.39, 0.29) is 31.0 Å². The maximum Gasteiger partial charge on any atom is 0.317 e. The molecule has 8 heteroatoms. The van der Waals surface area contributed by atoms with Gasteiger partial charge in [0.05, 0.1) is 19.3 Å². The van der Waals surface area contributed by atoms with Crippen molar-refractivity contribution in [1.29, 1.82) is 0 Å². The molecule has 7 nitrogen and oxygen atoms in total. The Morgan fingerprint density at radius 1 is 1.53 bits per heavy atom. The van der Waals surface area contributed by atoms with E-state index in [9.17, 15) is 13.8 Å². The molecule has 1 saturated heterocycles. The van der Waals surface area contributed by atoms with Crippen molar-refractivity contribution in [2.24, 2.45) is 5.92 Å². The monoisotopic (exact) mass is 292 g/mol. The zero-order valence-corrected chi connectivity index (χ0v) is 12.1. The third kappa shape index (κ3) is 4.17. The van der Waals surface area contributed by atoms with Crippen LogP contribution in [0.1, 0.15) is 6.92 Å². The lowest BCUT2D eigenvalue weighted by Gasteiger charge is -2.26. The van der Waals surface area contributed by atoms with E-state index in [1.807, 2.05) is 0 Å². The van der Waals surface area contributed by atoms with Gasteiger partial charge in [-0.3, -0.25) is 9.00 Å². The molecular formula is C11H20N2O5S. The smallest absolute Gasteiger partial charge is 0.317 e. The van der Waals surface area contributed by atoms with Gasteiger partial charge >= 0.3 is 12.0 Å². The number of likely N-dealkylation sites (N-methyl/N-ethyl adjacent to an activating group) is 1. The summed E-state index contributed by atoms with van der Waals surface area (Å²) in [6, 6.07) is -0.848.